The first kappa shape index (κ1) is 30.7. The molecule has 0 bridgehead atoms. The van der Waals surface area contributed by atoms with Crippen molar-refractivity contribution in [3.8, 4) is 5.75 Å². The molecule has 2 rings (SSSR count). The number of nitrogens with one attached hydrogen (secondary N) is 2. The normalized spacial score (nSPS) is 12.9. The van der Waals surface area contributed by atoms with Crippen LogP contribution in [0, 0.1) is 5.92 Å². The molecule has 2 unspecified atom stereocenters. The van der Waals surface area contributed by atoms with E-state index in [4.69, 9.17) is 4.74 Å². The molecule has 0 aliphatic carbocycles. The lowest BCUT2D eigenvalue weighted by Gasteiger charge is -2.35. The number of hydrogen-bond donors (Lipinski definition) is 3. The summed E-state index contributed by atoms with van der Waals surface area (Å²) in [6.07, 6.45) is 1.15. The van der Waals surface area contributed by atoms with Crippen molar-refractivity contribution in [2.45, 2.75) is 85.0 Å². The minimum absolute atomic E-state index is 0.00291. The fourth-order valence-corrected chi connectivity index (χ4v) is 4.09. The fourth-order valence-electron chi connectivity index (χ4n) is 4.09. The number of nitrogens with zero attached hydrogens (tertiary/aromatic N) is 1. The van der Waals surface area contributed by atoms with E-state index in [1.807, 2.05) is 51.1 Å². The van der Waals surface area contributed by atoms with E-state index < -0.39 is 23.8 Å². The SMILES string of the molecule is CCCCN(C(=O)C(CC(C)C)NC(=O)OC(C)(C)C)C(C(=O)NCc1ccccc1)c1cccc(O)c1. The number of carbonyl (C=O) groups is 3. The molecule has 0 aliphatic rings. The van der Waals surface area contributed by atoms with Crippen molar-refractivity contribution in [1.82, 2.24) is 15.5 Å². The summed E-state index contributed by atoms with van der Waals surface area (Å²) in [5.74, 6) is -0.652. The van der Waals surface area contributed by atoms with Crippen LogP contribution in [0.1, 0.15) is 78.0 Å². The summed E-state index contributed by atoms with van der Waals surface area (Å²) in [4.78, 5) is 41.9. The molecule has 0 aliphatic heterocycles. The second kappa shape index (κ2) is 14.4. The van der Waals surface area contributed by atoms with Crippen molar-refractivity contribution < 1.29 is 24.2 Å². The van der Waals surface area contributed by atoms with E-state index in [0.717, 1.165) is 12.0 Å². The average Bonchev–Trinajstić information content (AvgIpc) is 2.83. The molecule has 2 aromatic rings. The number of alkyl carbamates (subject to hydrolysis) is 1. The fraction of sp³-hybridized carbons (Fsp3) is 0.500. The molecule has 2 atom stereocenters. The second-order valence-corrected chi connectivity index (χ2v) is 10.9. The molecule has 0 saturated carbocycles. The van der Waals surface area contributed by atoms with E-state index in [1.165, 1.54) is 17.0 Å². The van der Waals surface area contributed by atoms with Crippen LogP contribution in [0.15, 0.2) is 54.6 Å². The minimum atomic E-state index is -1.00. The van der Waals surface area contributed by atoms with E-state index >= 15 is 0 Å². The van der Waals surface area contributed by atoms with Gasteiger partial charge in [0.05, 0.1) is 0 Å². The van der Waals surface area contributed by atoms with Gasteiger partial charge in [-0.05, 0) is 62.8 Å². The Labute approximate surface area is 226 Å². The molecule has 2 aromatic carbocycles. The number of hydrogen-bond acceptors (Lipinski definition) is 5. The van der Waals surface area contributed by atoms with Crippen LogP contribution in [0.2, 0.25) is 0 Å². The molecule has 3 N–H and O–H groups in total. The Hall–Kier alpha value is -3.55. The van der Waals surface area contributed by atoms with Crippen molar-refractivity contribution in [1.29, 1.82) is 0 Å². The van der Waals surface area contributed by atoms with Crippen LogP contribution < -0.4 is 10.6 Å². The Bertz CT molecular complexity index is 1050. The highest BCUT2D eigenvalue weighted by Gasteiger charge is 2.36. The number of benzene rings is 2. The summed E-state index contributed by atoms with van der Waals surface area (Å²) in [5, 5.41) is 15.9. The number of amides is 3. The van der Waals surface area contributed by atoms with Gasteiger partial charge in [-0.15, -0.1) is 0 Å². The van der Waals surface area contributed by atoms with Crippen LogP contribution in [0.4, 0.5) is 4.79 Å². The lowest BCUT2D eigenvalue weighted by atomic mass is 9.98. The zero-order chi connectivity index (χ0) is 28.3. The molecule has 3 amide bonds. The summed E-state index contributed by atoms with van der Waals surface area (Å²) >= 11 is 0. The monoisotopic (exact) mass is 525 g/mol. The van der Waals surface area contributed by atoms with Crippen LogP contribution in [-0.4, -0.2) is 46.1 Å². The van der Waals surface area contributed by atoms with Crippen molar-refractivity contribution in [2.75, 3.05) is 6.54 Å². The van der Waals surface area contributed by atoms with Gasteiger partial charge >= 0.3 is 6.09 Å². The summed E-state index contributed by atoms with van der Waals surface area (Å²) < 4.78 is 5.42. The van der Waals surface area contributed by atoms with Crippen molar-refractivity contribution in [3.63, 3.8) is 0 Å². The highest BCUT2D eigenvalue weighted by molar-refractivity contribution is 5.92. The third-order valence-electron chi connectivity index (χ3n) is 5.79. The lowest BCUT2D eigenvalue weighted by molar-refractivity contribution is -0.143. The third kappa shape index (κ3) is 10.1. The van der Waals surface area contributed by atoms with Crippen LogP contribution in [0.25, 0.3) is 0 Å². The minimum Gasteiger partial charge on any atom is -0.508 e. The molecular weight excluding hydrogens is 482 g/mol. The molecule has 0 radical (unpaired) electrons. The number of carbonyl (C=O) groups excluding carboxylic acids is 3. The van der Waals surface area contributed by atoms with Gasteiger partial charge in [-0.2, -0.15) is 0 Å². The van der Waals surface area contributed by atoms with Gasteiger partial charge in [0, 0.05) is 13.1 Å². The lowest BCUT2D eigenvalue weighted by Crippen LogP contribution is -2.53. The molecular formula is C30H43N3O5. The number of ether oxygens (including phenoxy) is 1. The number of phenolic OH excluding ortho intramolecular Hbond substituents is 1. The van der Waals surface area contributed by atoms with Gasteiger partial charge in [0.15, 0.2) is 0 Å². The van der Waals surface area contributed by atoms with Crippen molar-refractivity contribution >= 4 is 17.9 Å². The molecule has 0 heterocycles. The predicted molar refractivity (Wildman–Crippen MR) is 148 cm³/mol. The first-order valence-electron chi connectivity index (χ1n) is 13.3. The molecule has 8 heteroatoms. The molecule has 0 saturated heterocycles. The highest BCUT2D eigenvalue weighted by Crippen LogP contribution is 2.27. The summed E-state index contributed by atoms with van der Waals surface area (Å²) in [6.45, 7) is 11.8. The van der Waals surface area contributed by atoms with Gasteiger partial charge in [0.1, 0.15) is 23.4 Å². The van der Waals surface area contributed by atoms with Crippen molar-refractivity contribution in [3.05, 3.63) is 65.7 Å². The van der Waals surface area contributed by atoms with Crippen LogP contribution in [-0.2, 0) is 20.9 Å². The number of rotatable bonds is 12. The summed E-state index contributed by atoms with van der Waals surface area (Å²) in [5.41, 5.74) is 0.686. The zero-order valence-corrected chi connectivity index (χ0v) is 23.5. The Morgan fingerprint density at radius 1 is 1.03 bits per heavy atom. The van der Waals surface area contributed by atoms with Gasteiger partial charge in [-0.25, -0.2) is 4.79 Å². The standard InChI is InChI=1S/C30H43N3O5/c1-7-8-17-33(28(36)25(18-21(2)3)32-29(37)38-30(4,5)6)26(23-15-12-16-24(34)19-23)27(35)31-20-22-13-10-9-11-14-22/h9-16,19,21,25-26,34H,7-8,17-18,20H2,1-6H3,(H,31,35)(H,32,37). The van der Waals surface area contributed by atoms with E-state index in [1.54, 1.807) is 32.9 Å². The van der Waals surface area contributed by atoms with E-state index in [-0.39, 0.29) is 30.0 Å². The van der Waals surface area contributed by atoms with Crippen molar-refractivity contribution in [2.24, 2.45) is 5.92 Å². The van der Waals surface area contributed by atoms with Crippen LogP contribution in [0.5, 0.6) is 5.75 Å². The molecule has 0 aromatic heterocycles. The Morgan fingerprint density at radius 3 is 2.29 bits per heavy atom. The van der Waals surface area contributed by atoms with E-state index in [2.05, 4.69) is 10.6 Å². The Morgan fingerprint density at radius 2 is 1.71 bits per heavy atom. The molecule has 8 nitrogen and oxygen atoms in total. The molecule has 38 heavy (non-hydrogen) atoms. The maximum atomic E-state index is 14.1. The molecule has 0 fully saturated rings. The first-order valence-corrected chi connectivity index (χ1v) is 13.3. The predicted octanol–water partition coefficient (Wildman–Crippen LogP) is 5.32. The molecule has 208 valence electrons. The Balaban J connectivity index is 2.45. The van der Waals surface area contributed by atoms with Crippen LogP contribution >= 0.6 is 0 Å². The maximum Gasteiger partial charge on any atom is 0.408 e. The van der Waals surface area contributed by atoms with Gasteiger partial charge in [-0.1, -0.05) is 69.7 Å². The zero-order valence-electron chi connectivity index (χ0n) is 23.5. The first-order chi connectivity index (χ1) is 17.9. The van der Waals surface area contributed by atoms with Gasteiger partial charge in [0.2, 0.25) is 11.8 Å². The summed E-state index contributed by atoms with van der Waals surface area (Å²) in [6, 6.07) is 14.0. The highest BCUT2D eigenvalue weighted by atomic mass is 16.6. The quantitative estimate of drug-likeness (QED) is 0.348. The number of aromatic hydroxyl groups is 1. The van der Waals surface area contributed by atoms with Gasteiger partial charge in [0.25, 0.3) is 0 Å². The largest absolute Gasteiger partial charge is 0.508 e. The third-order valence-corrected chi connectivity index (χ3v) is 5.79. The maximum absolute atomic E-state index is 14.1. The Kier molecular flexibility index (Phi) is 11.6. The smallest absolute Gasteiger partial charge is 0.408 e. The summed E-state index contributed by atoms with van der Waals surface area (Å²) in [7, 11) is 0. The van der Waals surface area contributed by atoms with Gasteiger partial charge in [-0.3, -0.25) is 9.59 Å². The van der Waals surface area contributed by atoms with E-state index in [0.29, 0.717) is 24.9 Å². The van der Waals surface area contributed by atoms with Crippen LogP contribution in [0.3, 0.4) is 0 Å². The number of unbranched alkanes of at least 4 members (excludes halogenated alkanes) is 1. The topological polar surface area (TPSA) is 108 Å². The van der Waals surface area contributed by atoms with Gasteiger partial charge < -0.3 is 25.4 Å². The number of phenols is 1. The average molecular weight is 526 g/mol. The molecule has 0 spiro atoms. The second-order valence-electron chi connectivity index (χ2n) is 10.9. The van der Waals surface area contributed by atoms with E-state index in [9.17, 15) is 19.5 Å².